The summed E-state index contributed by atoms with van der Waals surface area (Å²) in [6, 6.07) is 0. The van der Waals surface area contributed by atoms with Gasteiger partial charge in [-0.3, -0.25) is 4.99 Å². The minimum atomic E-state index is 0.445. The molecule has 1 saturated carbocycles. The number of aryl methyl sites for hydroxylation is 1. The van der Waals surface area contributed by atoms with Crippen LogP contribution in [-0.4, -0.2) is 40.4 Å². The molecule has 2 N–H and O–H groups in total. The summed E-state index contributed by atoms with van der Waals surface area (Å²) >= 11 is 0. The molecule has 136 valence electrons. The van der Waals surface area contributed by atoms with Gasteiger partial charge in [-0.05, 0) is 37.5 Å². The molecule has 0 saturated heterocycles. The van der Waals surface area contributed by atoms with Gasteiger partial charge < -0.3 is 15.2 Å². The van der Waals surface area contributed by atoms with Gasteiger partial charge in [-0.1, -0.05) is 27.2 Å². The number of hydrogen-bond acceptors (Lipinski definition) is 3. The third kappa shape index (κ3) is 5.21. The number of aromatic nitrogens is 3. The standard InChI is InChI=1S/C18H34N6/c1-5-16-23-22-14-24(16)11-10-20-17(19-6-2)21-13-18(8-7-9-18)12-15(3)4/h14-15H,5-13H2,1-4H3,(H2,19,20,21). The van der Waals surface area contributed by atoms with Gasteiger partial charge in [0.2, 0.25) is 0 Å². The summed E-state index contributed by atoms with van der Waals surface area (Å²) in [6.45, 7) is 12.4. The fourth-order valence-corrected chi connectivity index (χ4v) is 3.59. The zero-order chi connectivity index (χ0) is 17.4. The summed E-state index contributed by atoms with van der Waals surface area (Å²) in [4.78, 5) is 4.88. The lowest BCUT2D eigenvalue weighted by molar-refractivity contribution is 0.111. The normalized spacial score (nSPS) is 17.0. The molecular formula is C18H34N6. The Morgan fingerprint density at radius 3 is 2.71 bits per heavy atom. The van der Waals surface area contributed by atoms with E-state index in [4.69, 9.17) is 4.99 Å². The highest BCUT2D eigenvalue weighted by atomic mass is 15.3. The lowest BCUT2D eigenvalue weighted by atomic mass is 9.64. The molecule has 1 heterocycles. The molecule has 0 atom stereocenters. The second-order valence-electron chi connectivity index (χ2n) is 7.37. The number of nitrogens with zero attached hydrogens (tertiary/aromatic N) is 4. The van der Waals surface area contributed by atoms with E-state index in [0.717, 1.165) is 50.3 Å². The predicted molar refractivity (Wildman–Crippen MR) is 99.1 cm³/mol. The van der Waals surface area contributed by atoms with Gasteiger partial charge in [-0.25, -0.2) is 0 Å². The Morgan fingerprint density at radius 1 is 1.33 bits per heavy atom. The maximum atomic E-state index is 4.88. The fraction of sp³-hybridized carbons (Fsp3) is 0.833. The Kier molecular flexibility index (Phi) is 7.06. The van der Waals surface area contributed by atoms with Crippen molar-refractivity contribution >= 4 is 5.96 Å². The first-order valence-corrected chi connectivity index (χ1v) is 9.47. The van der Waals surface area contributed by atoms with Crippen molar-refractivity contribution in [3.63, 3.8) is 0 Å². The van der Waals surface area contributed by atoms with Crippen LogP contribution in [0.1, 0.15) is 59.2 Å². The van der Waals surface area contributed by atoms with Crippen molar-refractivity contribution in [2.24, 2.45) is 16.3 Å². The fourth-order valence-electron chi connectivity index (χ4n) is 3.59. The van der Waals surface area contributed by atoms with E-state index in [1.54, 1.807) is 6.33 Å². The van der Waals surface area contributed by atoms with Crippen LogP contribution in [0.3, 0.4) is 0 Å². The number of guanidine groups is 1. The van der Waals surface area contributed by atoms with E-state index in [9.17, 15) is 0 Å². The van der Waals surface area contributed by atoms with E-state index in [1.807, 2.05) is 0 Å². The highest BCUT2D eigenvalue weighted by Gasteiger charge is 2.37. The van der Waals surface area contributed by atoms with Gasteiger partial charge in [0.1, 0.15) is 12.2 Å². The molecule has 1 aliphatic carbocycles. The van der Waals surface area contributed by atoms with E-state index in [2.05, 4.69) is 53.1 Å². The summed E-state index contributed by atoms with van der Waals surface area (Å²) in [5.74, 6) is 2.71. The van der Waals surface area contributed by atoms with Crippen molar-refractivity contribution in [3.05, 3.63) is 12.2 Å². The highest BCUT2D eigenvalue weighted by molar-refractivity contribution is 5.79. The molecule has 1 fully saturated rings. The number of hydrogen-bond donors (Lipinski definition) is 2. The minimum absolute atomic E-state index is 0.445. The maximum absolute atomic E-state index is 4.88. The Morgan fingerprint density at radius 2 is 2.12 bits per heavy atom. The molecule has 1 aromatic heterocycles. The van der Waals surface area contributed by atoms with Crippen molar-refractivity contribution in [3.8, 4) is 0 Å². The molecule has 1 aromatic rings. The molecule has 1 aliphatic rings. The van der Waals surface area contributed by atoms with Crippen LogP contribution in [0.2, 0.25) is 0 Å². The molecule has 2 rings (SSSR count). The van der Waals surface area contributed by atoms with Gasteiger partial charge in [0, 0.05) is 32.6 Å². The summed E-state index contributed by atoms with van der Waals surface area (Å²) in [6.07, 6.45) is 8.02. The topological polar surface area (TPSA) is 67.1 Å². The largest absolute Gasteiger partial charge is 0.357 e. The van der Waals surface area contributed by atoms with Crippen LogP contribution in [0.5, 0.6) is 0 Å². The SMILES string of the molecule is CCNC(=NCC1(CC(C)C)CCC1)NCCn1cnnc1CC. The highest BCUT2D eigenvalue weighted by Crippen LogP contribution is 2.46. The Hall–Kier alpha value is -1.59. The molecule has 6 nitrogen and oxygen atoms in total. The maximum Gasteiger partial charge on any atom is 0.191 e. The van der Waals surface area contributed by atoms with Gasteiger partial charge in [0.25, 0.3) is 0 Å². The zero-order valence-corrected chi connectivity index (χ0v) is 15.8. The van der Waals surface area contributed by atoms with Crippen LogP contribution in [0.25, 0.3) is 0 Å². The van der Waals surface area contributed by atoms with E-state index in [0.29, 0.717) is 5.41 Å². The van der Waals surface area contributed by atoms with Gasteiger partial charge in [0.05, 0.1) is 0 Å². The molecule has 0 spiro atoms. The summed E-state index contributed by atoms with van der Waals surface area (Å²) in [5.41, 5.74) is 0.445. The summed E-state index contributed by atoms with van der Waals surface area (Å²) < 4.78 is 2.10. The molecule has 24 heavy (non-hydrogen) atoms. The van der Waals surface area contributed by atoms with Crippen molar-refractivity contribution in [2.75, 3.05) is 19.6 Å². The first-order valence-electron chi connectivity index (χ1n) is 9.47. The molecule has 0 radical (unpaired) electrons. The summed E-state index contributed by atoms with van der Waals surface area (Å²) in [7, 11) is 0. The second kappa shape index (κ2) is 9.04. The quantitative estimate of drug-likeness (QED) is 0.538. The molecule has 0 aliphatic heterocycles. The van der Waals surface area contributed by atoms with Crippen LogP contribution < -0.4 is 10.6 Å². The van der Waals surface area contributed by atoms with E-state index < -0.39 is 0 Å². The van der Waals surface area contributed by atoms with Crippen LogP contribution in [0.15, 0.2) is 11.3 Å². The molecule has 6 heteroatoms. The third-order valence-corrected chi connectivity index (χ3v) is 4.83. The van der Waals surface area contributed by atoms with Crippen molar-refractivity contribution in [1.82, 2.24) is 25.4 Å². The number of nitrogens with one attached hydrogen (secondary N) is 2. The predicted octanol–water partition coefficient (Wildman–Crippen LogP) is 2.61. The first kappa shape index (κ1) is 18.7. The van der Waals surface area contributed by atoms with Gasteiger partial charge >= 0.3 is 0 Å². The van der Waals surface area contributed by atoms with E-state index >= 15 is 0 Å². The Bertz CT molecular complexity index is 515. The lowest BCUT2D eigenvalue weighted by Gasteiger charge is -2.42. The Labute approximate surface area is 146 Å². The van der Waals surface area contributed by atoms with Crippen LogP contribution in [-0.2, 0) is 13.0 Å². The number of rotatable bonds is 9. The van der Waals surface area contributed by atoms with E-state index in [-0.39, 0.29) is 0 Å². The van der Waals surface area contributed by atoms with Crippen LogP contribution in [0, 0.1) is 11.3 Å². The zero-order valence-electron chi connectivity index (χ0n) is 15.8. The van der Waals surface area contributed by atoms with Crippen molar-refractivity contribution < 1.29 is 0 Å². The monoisotopic (exact) mass is 334 g/mol. The van der Waals surface area contributed by atoms with E-state index in [1.165, 1.54) is 25.7 Å². The van der Waals surface area contributed by atoms with Crippen molar-refractivity contribution in [1.29, 1.82) is 0 Å². The summed E-state index contributed by atoms with van der Waals surface area (Å²) in [5, 5.41) is 14.9. The van der Waals surface area contributed by atoms with Gasteiger partial charge in [-0.2, -0.15) is 0 Å². The van der Waals surface area contributed by atoms with Crippen LogP contribution in [0.4, 0.5) is 0 Å². The molecule has 0 aromatic carbocycles. The number of aliphatic imine (C=N–C) groups is 1. The molecule has 0 unspecified atom stereocenters. The van der Waals surface area contributed by atoms with Gasteiger partial charge in [-0.15, -0.1) is 10.2 Å². The smallest absolute Gasteiger partial charge is 0.191 e. The average Bonchev–Trinajstić information content (AvgIpc) is 2.96. The second-order valence-corrected chi connectivity index (χ2v) is 7.37. The average molecular weight is 335 g/mol. The van der Waals surface area contributed by atoms with Crippen molar-refractivity contribution in [2.45, 2.75) is 66.3 Å². The lowest BCUT2D eigenvalue weighted by Crippen LogP contribution is -2.41. The molecular weight excluding hydrogens is 300 g/mol. The molecule has 0 amide bonds. The third-order valence-electron chi connectivity index (χ3n) is 4.83. The van der Waals surface area contributed by atoms with Gasteiger partial charge in [0.15, 0.2) is 5.96 Å². The Balaban J connectivity index is 1.86. The molecule has 0 bridgehead atoms. The van der Waals surface area contributed by atoms with Crippen LogP contribution >= 0.6 is 0 Å². The first-order chi connectivity index (χ1) is 11.6. The minimum Gasteiger partial charge on any atom is -0.357 e.